The van der Waals surface area contributed by atoms with E-state index >= 15 is 0 Å². The number of likely N-dealkylation sites (tertiary alicyclic amines) is 1. The normalized spacial score (nSPS) is 17.8. The predicted octanol–water partition coefficient (Wildman–Crippen LogP) is 4.73. The van der Waals surface area contributed by atoms with Crippen LogP contribution in [0.3, 0.4) is 0 Å². The second-order valence-electron chi connectivity index (χ2n) is 7.70. The number of carbonyl (C=O) groups excluding carboxylic acids is 1. The molecule has 1 aliphatic heterocycles. The van der Waals surface area contributed by atoms with E-state index in [0.29, 0.717) is 19.7 Å². The van der Waals surface area contributed by atoms with Crippen LogP contribution in [0, 0.1) is 5.41 Å². The van der Waals surface area contributed by atoms with Crippen LogP contribution < -0.4 is 0 Å². The van der Waals surface area contributed by atoms with Gasteiger partial charge in [-0.2, -0.15) is 0 Å². The molecule has 24 heavy (non-hydrogen) atoms. The summed E-state index contributed by atoms with van der Waals surface area (Å²) in [6.45, 7) is 15.7. The third kappa shape index (κ3) is 6.91. The first-order chi connectivity index (χ1) is 11.2. The average molecular weight is 335 g/mol. The molecule has 0 aromatic heterocycles. The zero-order valence-electron chi connectivity index (χ0n) is 15.8. The summed E-state index contributed by atoms with van der Waals surface area (Å²) in [6, 6.07) is 0. The molecule has 1 fully saturated rings. The summed E-state index contributed by atoms with van der Waals surface area (Å²) in [5.74, 6) is 0. The highest BCUT2D eigenvalue weighted by atomic mass is 16.6. The lowest BCUT2D eigenvalue weighted by Gasteiger charge is -2.42. The fourth-order valence-corrected chi connectivity index (χ4v) is 3.10. The molecule has 1 saturated heterocycles. The van der Waals surface area contributed by atoms with Crippen LogP contribution in [0.25, 0.3) is 0 Å². The number of nitrogens with zero attached hydrogens (tertiary/aromatic N) is 1. The number of ether oxygens (including phenoxy) is 2. The summed E-state index contributed by atoms with van der Waals surface area (Å²) >= 11 is 0. The average Bonchev–Trinajstić information content (AvgIpc) is 2.46. The summed E-state index contributed by atoms with van der Waals surface area (Å²) < 4.78 is 10.9. The zero-order valence-corrected chi connectivity index (χ0v) is 15.8. The lowest BCUT2D eigenvalue weighted by molar-refractivity contribution is -0.00677. The molecule has 0 N–H and O–H groups in total. The Hall–Kier alpha value is -1.55. The van der Waals surface area contributed by atoms with E-state index in [9.17, 15) is 4.79 Å². The maximum atomic E-state index is 12.2. The van der Waals surface area contributed by atoms with Gasteiger partial charge in [0.1, 0.15) is 5.60 Å². The van der Waals surface area contributed by atoms with E-state index in [1.54, 1.807) is 18.1 Å². The first-order valence-electron chi connectivity index (χ1n) is 8.62. The molecule has 0 unspecified atom stereocenters. The minimum Gasteiger partial charge on any atom is -0.444 e. The molecule has 0 spiro atoms. The van der Waals surface area contributed by atoms with Crippen LogP contribution in [0.15, 0.2) is 37.0 Å². The summed E-state index contributed by atoms with van der Waals surface area (Å²) in [6.07, 6.45) is 9.16. The van der Waals surface area contributed by atoms with Crippen molar-refractivity contribution >= 4 is 6.09 Å². The lowest BCUT2D eigenvalue weighted by atomic mass is 9.74. The van der Waals surface area contributed by atoms with Crippen molar-refractivity contribution in [2.75, 3.05) is 26.8 Å². The lowest BCUT2D eigenvalue weighted by Crippen LogP contribution is -2.46. The van der Waals surface area contributed by atoms with Crippen LogP contribution >= 0.6 is 0 Å². The van der Waals surface area contributed by atoms with Crippen LogP contribution in [0.2, 0.25) is 0 Å². The van der Waals surface area contributed by atoms with Gasteiger partial charge in [0.05, 0.1) is 6.61 Å². The van der Waals surface area contributed by atoms with Crippen molar-refractivity contribution in [2.45, 2.75) is 52.1 Å². The Balaban J connectivity index is 2.62. The van der Waals surface area contributed by atoms with Crippen LogP contribution in [0.4, 0.5) is 4.79 Å². The van der Waals surface area contributed by atoms with Crippen molar-refractivity contribution in [3.05, 3.63) is 37.0 Å². The van der Waals surface area contributed by atoms with E-state index < -0.39 is 5.60 Å². The van der Waals surface area contributed by atoms with Crippen LogP contribution in [-0.2, 0) is 9.47 Å². The number of hydrogen-bond acceptors (Lipinski definition) is 3. The van der Waals surface area contributed by atoms with Crippen molar-refractivity contribution < 1.29 is 14.3 Å². The third-order valence-electron chi connectivity index (χ3n) is 4.23. The van der Waals surface area contributed by atoms with E-state index in [1.165, 1.54) is 5.57 Å². The van der Waals surface area contributed by atoms with Gasteiger partial charge >= 0.3 is 6.09 Å². The Labute approximate surface area is 147 Å². The summed E-state index contributed by atoms with van der Waals surface area (Å²) in [5, 5.41) is 0. The molecule has 0 aromatic carbocycles. The molecular formula is C20H33NO3. The molecular weight excluding hydrogens is 302 g/mol. The minimum atomic E-state index is -0.454. The maximum absolute atomic E-state index is 12.2. The highest BCUT2D eigenvalue weighted by Crippen LogP contribution is 2.38. The molecule has 0 atom stereocenters. The van der Waals surface area contributed by atoms with Crippen molar-refractivity contribution in [1.82, 2.24) is 4.90 Å². The Kier molecular flexibility index (Phi) is 7.74. The van der Waals surface area contributed by atoms with Gasteiger partial charge in [-0.1, -0.05) is 37.0 Å². The van der Waals surface area contributed by atoms with Gasteiger partial charge in [-0.3, -0.25) is 0 Å². The van der Waals surface area contributed by atoms with Gasteiger partial charge in [-0.25, -0.2) is 4.79 Å². The highest BCUT2D eigenvalue weighted by Gasteiger charge is 2.37. The largest absolute Gasteiger partial charge is 0.444 e. The van der Waals surface area contributed by atoms with Gasteiger partial charge in [0.25, 0.3) is 0 Å². The van der Waals surface area contributed by atoms with Crippen LogP contribution in [0.1, 0.15) is 46.5 Å². The van der Waals surface area contributed by atoms with E-state index in [4.69, 9.17) is 9.47 Å². The summed E-state index contributed by atoms with van der Waals surface area (Å²) in [7, 11) is 1.74. The summed E-state index contributed by atoms with van der Waals surface area (Å²) in [4.78, 5) is 14.0. The predicted molar refractivity (Wildman–Crippen MR) is 99.1 cm³/mol. The van der Waals surface area contributed by atoms with Gasteiger partial charge in [0.15, 0.2) is 0 Å². The molecule has 1 rings (SSSR count). The minimum absolute atomic E-state index is 0.0619. The second-order valence-corrected chi connectivity index (χ2v) is 7.70. The van der Waals surface area contributed by atoms with Crippen molar-refractivity contribution in [1.29, 1.82) is 0 Å². The van der Waals surface area contributed by atoms with Gasteiger partial charge in [-0.15, -0.1) is 0 Å². The number of rotatable bonds is 7. The molecule has 4 heteroatoms. The molecule has 0 saturated carbocycles. The number of methoxy groups -OCH3 is 1. The molecule has 1 amide bonds. The topological polar surface area (TPSA) is 38.8 Å². The summed E-state index contributed by atoms with van der Waals surface area (Å²) in [5.41, 5.74) is 0.798. The van der Waals surface area contributed by atoms with Gasteiger partial charge in [0.2, 0.25) is 0 Å². The molecule has 1 heterocycles. The van der Waals surface area contributed by atoms with Crippen molar-refractivity contribution in [2.24, 2.45) is 5.41 Å². The Morgan fingerprint density at radius 1 is 1.29 bits per heavy atom. The van der Waals surface area contributed by atoms with E-state index in [2.05, 4.69) is 19.2 Å². The monoisotopic (exact) mass is 335 g/mol. The van der Waals surface area contributed by atoms with E-state index in [0.717, 1.165) is 25.7 Å². The van der Waals surface area contributed by atoms with Gasteiger partial charge < -0.3 is 14.4 Å². The molecule has 0 bridgehead atoms. The molecule has 0 radical (unpaired) electrons. The van der Waals surface area contributed by atoms with Crippen LogP contribution in [-0.4, -0.2) is 43.4 Å². The zero-order chi connectivity index (χ0) is 18.2. The van der Waals surface area contributed by atoms with Crippen molar-refractivity contribution in [3.8, 4) is 0 Å². The third-order valence-corrected chi connectivity index (χ3v) is 4.23. The number of allylic oxidation sites excluding steroid dienone is 4. The Morgan fingerprint density at radius 2 is 1.92 bits per heavy atom. The number of piperidine rings is 1. The highest BCUT2D eigenvalue weighted by molar-refractivity contribution is 5.68. The van der Waals surface area contributed by atoms with E-state index in [-0.39, 0.29) is 11.5 Å². The maximum Gasteiger partial charge on any atom is 0.410 e. The molecule has 0 aliphatic carbocycles. The van der Waals surface area contributed by atoms with Crippen LogP contribution in [0.5, 0.6) is 0 Å². The fraction of sp³-hybridized carbons (Fsp3) is 0.650. The quantitative estimate of drug-likeness (QED) is 0.499. The van der Waals surface area contributed by atoms with Gasteiger partial charge in [-0.05, 0) is 46.5 Å². The number of hydrogen-bond donors (Lipinski definition) is 0. The van der Waals surface area contributed by atoms with Gasteiger partial charge in [0, 0.05) is 25.6 Å². The number of carbonyl (C=O) groups is 1. The van der Waals surface area contributed by atoms with Crippen molar-refractivity contribution in [3.63, 3.8) is 0 Å². The molecule has 136 valence electrons. The Bertz CT molecular complexity index is 466. The molecule has 0 aromatic rings. The SMILES string of the molecule is C=C/C=C\CC(=C)CC1(COC)CCN(C(=O)OC(C)(C)C)CC1. The first-order valence-corrected chi connectivity index (χ1v) is 8.62. The second kappa shape index (κ2) is 9.07. The molecule has 1 aliphatic rings. The molecule has 4 nitrogen and oxygen atoms in total. The Morgan fingerprint density at radius 3 is 2.42 bits per heavy atom. The standard InChI is InChI=1S/C20H33NO3/c1-7-8-9-10-17(2)15-20(16-23-6)11-13-21(14-12-20)18(22)24-19(3,4)5/h7-9H,1-2,10-16H2,3-6H3/b9-8-. The fourth-order valence-electron chi connectivity index (χ4n) is 3.10. The number of amides is 1. The smallest absolute Gasteiger partial charge is 0.410 e. The first kappa shape index (κ1) is 20.5. The van der Waals surface area contributed by atoms with E-state index in [1.807, 2.05) is 26.8 Å².